The zero-order valence-electron chi connectivity index (χ0n) is 20.7. The topological polar surface area (TPSA) is 116 Å². The molecule has 1 saturated carbocycles. The van der Waals surface area contributed by atoms with Crippen molar-refractivity contribution in [3.05, 3.63) is 51.1 Å². The van der Waals surface area contributed by atoms with Crippen LogP contribution in [0.3, 0.4) is 0 Å². The monoisotopic (exact) mass is 509 g/mol. The number of nitrogens with one attached hydrogen (secondary N) is 3. The highest BCUT2D eigenvalue weighted by Crippen LogP contribution is 2.28. The largest absolute Gasteiger partial charge is 0.469 e. The second-order valence-electron chi connectivity index (χ2n) is 9.84. The molecule has 10 heteroatoms. The number of aromatic nitrogens is 2. The second kappa shape index (κ2) is 10.0. The summed E-state index contributed by atoms with van der Waals surface area (Å²) >= 11 is 1.41. The van der Waals surface area contributed by atoms with Gasteiger partial charge in [0.05, 0.1) is 24.8 Å². The fourth-order valence-corrected chi connectivity index (χ4v) is 6.25. The van der Waals surface area contributed by atoms with Crippen molar-refractivity contribution in [2.75, 3.05) is 20.7 Å². The van der Waals surface area contributed by atoms with Crippen LogP contribution in [-0.2, 0) is 22.5 Å². The van der Waals surface area contributed by atoms with Gasteiger partial charge in [0, 0.05) is 41.3 Å². The molecule has 2 amide bonds. The molecule has 0 unspecified atom stereocenters. The molecule has 3 heterocycles. The first-order chi connectivity index (χ1) is 17.3. The van der Waals surface area contributed by atoms with Crippen molar-refractivity contribution in [3.8, 4) is 0 Å². The van der Waals surface area contributed by atoms with Crippen molar-refractivity contribution < 1.29 is 19.1 Å². The van der Waals surface area contributed by atoms with Crippen molar-refractivity contribution in [2.45, 2.75) is 51.2 Å². The van der Waals surface area contributed by atoms with Gasteiger partial charge in [-0.2, -0.15) is 0 Å². The van der Waals surface area contributed by atoms with Gasteiger partial charge >= 0.3 is 5.97 Å². The fraction of sp³-hybridized carbons (Fsp3) is 0.462. The fourth-order valence-electron chi connectivity index (χ4n) is 5.15. The number of H-pyrrole nitrogens is 1. The maximum absolute atomic E-state index is 13.2. The summed E-state index contributed by atoms with van der Waals surface area (Å²) in [4.78, 5) is 49.7. The average Bonchev–Trinajstić information content (AvgIpc) is 3.48. The highest BCUT2D eigenvalue weighted by molar-refractivity contribution is 7.13. The molecule has 0 radical (unpaired) electrons. The third kappa shape index (κ3) is 5.01. The number of amides is 2. The van der Waals surface area contributed by atoms with Crippen LogP contribution in [0.4, 0.5) is 0 Å². The van der Waals surface area contributed by atoms with E-state index in [-0.39, 0.29) is 29.7 Å². The lowest BCUT2D eigenvalue weighted by atomic mass is 9.82. The van der Waals surface area contributed by atoms with Gasteiger partial charge in [-0.1, -0.05) is 11.6 Å². The third-order valence-corrected chi connectivity index (χ3v) is 8.24. The Morgan fingerprint density at radius 1 is 1.14 bits per heavy atom. The molecule has 190 valence electrons. The van der Waals surface area contributed by atoms with Crippen LogP contribution in [0.15, 0.2) is 24.3 Å². The highest BCUT2D eigenvalue weighted by Gasteiger charge is 2.37. The molecule has 3 N–H and O–H groups in total. The van der Waals surface area contributed by atoms with Gasteiger partial charge in [0.15, 0.2) is 5.01 Å². The van der Waals surface area contributed by atoms with E-state index in [1.807, 2.05) is 31.2 Å². The van der Waals surface area contributed by atoms with Crippen molar-refractivity contribution in [1.29, 1.82) is 0 Å². The molecule has 2 aromatic heterocycles. The summed E-state index contributed by atoms with van der Waals surface area (Å²) in [6, 6.07) is 7.07. The molecule has 36 heavy (non-hydrogen) atoms. The normalized spacial score (nSPS) is 22.1. The number of ether oxygens (including phenoxy) is 1. The summed E-state index contributed by atoms with van der Waals surface area (Å²) in [5.41, 5.74) is 3.46. The zero-order valence-corrected chi connectivity index (χ0v) is 21.5. The molecule has 1 aromatic carbocycles. The Bertz CT molecular complexity index is 1310. The SMILES string of the molecule is COC(=O)[C@@H]1CC[C@H](NC(=O)c2cc3cc(C)ccc3[nH]2)[C@H](NC(=O)c2nc3c(s2)CN(C)CC3)C1. The Hall–Kier alpha value is -3.24. The lowest BCUT2D eigenvalue weighted by molar-refractivity contribution is -0.146. The van der Waals surface area contributed by atoms with Gasteiger partial charge in [-0.15, -0.1) is 11.3 Å². The maximum atomic E-state index is 13.2. The Balaban J connectivity index is 1.33. The summed E-state index contributed by atoms with van der Waals surface area (Å²) in [6.07, 6.45) is 2.35. The summed E-state index contributed by atoms with van der Waals surface area (Å²) in [7, 11) is 3.43. The van der Waals surface area contributed by atoms with Crippen LogP contribution in [0.25, 0.3) is 10.9 Å². The number of aryl methyl sites for hydroxylation is 1. The summed E-state index contributed by atoms with van der Waals surface area (Å²) in [5, 5.41) is 7.55. The number of rotatable bonds is 5. The maximum Gasteiger partial charge on any atom is 0.308 e. The second-order valence-corrected chi connectivity index (χ2v) is 10.9. The minimum atomic E-state index is -0.422. The van der Waals surface area contributed by atoms with Crippen molar-refractivity contribution in [3.63, 3.8) is 0 Å². The first-order valence-corrected chi connectivity index (χ1v) is 13.1. The van der Waals surface area contributed by atoms with Gasteiger partial charge in [0.25, 0.3) is 11.8 Å². The number of benzene rings is 1. The smallest absolute Gasteiger partial charge is 0.308 e. The Morgan fingerprint density at radius 3 is 2.75 bits per heavy atom. The first kappa shape index (κ1) is 24.5. The van der Waals surface area contributed by atoms with Crippen LogP contribution in [0.5, 0.6) is 0 Å². The van der Waals surface area contributed by atoms with Gasteiger partial charge in [-0.25, -0.2) is 4.98 Å². The van der Waals surface area contributed by atoms with E-state index < -0.39 is 6.04 Å². The molecule has 0 bridgehead atoms. The van der Waals surface area contributed by atoms with Crippen LogP contribution in [-0.4, -0.2) is 65.4 Å². The molecule has 5 rings (SSSR count). The molecule has 0 saturated heterocycles. The van der Waals surface area contributed by atoms with Gasteiger partial charge in [0.2, 0.25) is 0 Å². The number of nitrogens with zero attached hydrogens (tertiary/aromatic N) is 2. The van der Waals surface area contributed by atoms with E-state index in [1.165, 1.54) is 18.4 Å². The number of thiazole rings is 1. The summed E-state index contributed by atoms with van der Waals surface area (Å²) < 4.78 is 4.96. The van der Waals surface area contributed by atoms with Gasteiger partial charge in [-0.05, 0) is 51.4 Å². The van der Waals surface area contributed by atoms with E-state index in [4.69, 9.17) is 4.74 Å². The predicted molar refractivity (Wildman–Crippen MR) is 137 cm³/mol. The number of carbonyl (C=O) groups excluding carboxylic acids is 3. The van der Waals surface area contributed by atoms with E-state index in [9.17, 15) is 14.4 Å². The van der Waals surface area contributed by atoms with Crippen LogP contribution in [0, 0.1) is 12.8 Å². The number of aromatic amines is 1. The van der Waals surface area contributed by atoms with Crippen molar-refractivity contribution in [2.24, 2.45) is 5.92 Å². The van der Waals surface area contributed by atoms with Crippen molar-refractivity contribution in [1.82, 2.24) is 25.5 Å². The molecule has 9 nitrogen and oxygen atoms in total. The zero-order chi connectivity index (χ0) is 25.4. The molecule has 1 aliphatic heterocycles. The van der Waals surface area contributed by atoms with E-state index >= 15 is 0 Å². The van der Waals surface area contributed by atoms with Gasteiger partial charge in [-0.3, -0.25) is 14.4 Å². The molecule has 3 aromatic rings. The van der Waals surface area contributed by atoms with Crippen LogP contribution in [0.1, 0.15) is 55.7 Å². The molecule has 3 atom stereocenters. The third-order valence-electron chi connectivity index (χ3n) is 7.15. The van der Waals surface area contributed by atoms with Gasteiger partial charge in [0.1, 0.15) is 5.69 Å². The first-order valence-electron chi connectivity index (χ1n) is 12.3. The minimum Gasteiger partial charge on any atom is -0.469 e. The standard InChI is InChI=1S/C26H31N5O4S/c1-14-4-6-17-16(10-14)12-21(27-17)23(32)28-18-7-5-15(26(34)35-3)11-20(18)29-24(33)25-30-19-8-9-31(2)13-22(19)36-25/h4,6,10,12,15,18,20,27H,5,7-9,11,13H2,1-3H3,(H,28,32)(H,29,33)/t15-,18+,20-/m1/s1. The molecule has 1 aliphatic carbocycles. The Kier molecular flexibility index (Phi) is 6.81. The van der Waals surface area contributed by atoms with E-state index in [0.29, 0.717) is 30.0 Å². The summed E-state index contributed by atoms with van der Waals surface area (Å²) in [5.74, 6) is -1.13. The number of carbonyl (C=O) groups is 3. The number of hydrogen-bond donors (Lipinski definition) is 3. The highest BCUT2D eigenvalue weighted by atomic mass is 32.1. The van der Waals surface area contributed by atoms with E-state index in [1.54, 1.807) is 0 Å². The van der Waals surface area contributed by atoms with E-state index in [2.05, 4.69) is 32.5 Å². The summed E-state index contributed by atoms with van der Waals surface area (Å²) in [6.45, 7) is 3.72. The quantitative estimate of drug-likeness (QED) is 0.456. The van der Waals surface area contributed by atoms with E-state index in [0.717, 1.165) is 46.5 Å². The van der Waals surface area contributed by atoms with Crippen molar-refractivity contribution >= 4 is 40.0 Å². The minimum absolute atomic E-state index is 0.239. The van der Waals surface area contributed by atoms with Crippen LogP contribution >= 0.6 is 11.3 Å². The Morgan fingerprint density at radius 2 is 1.94 bits per heavy atom. The average molecular weight is 510 g/mol. The number of likely N-dealkylation sites (N-methyl/N-ethyl adjacent to an activating group) is 1. The predicted octanol–water partition coefficient (Wildman–Crippen LogP) is 2.79. The molecular formula is C26H31N5O4S. The molecule has 1 fully saturated rings. The Labute approximate surface area is 213 Å². The van der Waals surface area contributed by atoms with Crippen LogP contribution in [0.2, 0.25) is 0 Å². The molecular weight excluding hydrogens is 478 g/mol. The number of hydrogen-bond acceptors (Lipinski definition) is 7. The lowest BCUT2D eigenvalue weighted by Crippen LogP contribution is -2.55. The number of methoxy groups -OCH3 is 1. The van der Waals surface area contributed by atoms with Gasteiger partial charge < -0.3 is 25.3 Å². The number of esters is 1. The molecule has 0 spiro atoms. The lowest BCUT2D eigenvalue weighted by Gasteiger charge is -2.35. The number of fused-ring (bicyclic) bond motifs is 2. The molecule has 2 aliphatic rings. The van der Waals surface area contributed by atoms with Crippen LogP contribution < -0.4 is 10.6 Å².